The van der Waals surface area contributed by atoms with Crippen molar-refractivity contribution < 1.29 is 28.6 Å². The summed E-state index contributed by atoms with van der Waals surface area (Å²) in [6.45, 7) is 6.40. The van der Waals surface area contributed by atoms with E-state index in [2.05, 4.69) is 81.5 Å². The van der Waals surface area contributed by atoms with Crippen molar-refractivity contribution in [2.75, 3.05) is 13.2 Å². The SMILES string of the molecule is CC/C=C\C/C=C\C/C=C\C/C=C\CCCCC(=O)OCC(COC(=O)CCCCCCCCC)OC(=O)CCCCCCC/C=C\CCCCCC. The first-order valence-electron chi connectivity index (χ1n) is 21.8. The van der Waals surface area contributed by atoms with Gasteiger partial charge in [0.2, 0.25) is 0 Å². The number of carbonyl (C=O) groups is 3. The molecule has 0 aliphatic heterocycles. The van der Waals surface area contributed by atoms with Crippen LogP contribution in [0.25, 0.3) is 0 Å². The maximum atomic E-state index is 12.7. The Labute approximate surface area is 326 Å². The topological polar surface area (TPSA) is 78.9 Å². The van der Waals surface area contributed by atoms with Crippen molar-refractivity contribution in [3.63, 3.8) is 0 Å². The third-order valence-corrected chi connectivity index (χ3v) is 9.01. The van der Waals surface area contributed by atoms with E-state index in [9.17, 15) is 14.4 Å². The van der Waals surface area contributed by atoms with Crippen LogP contribution in [-0.4, -0.2) is 37.2 Å². The molecule has 304 valence electrons. The molecule has 6 nitrogen and oxygen atoms in total. The Hall–Kier alpha value is -2.89. The Kier molecular flexibility index (Phi) is 39.6. The van der Waals surface area contributed by atoms with Crippen molar-refractivity contribution in [3.8, 4) is 0 Å². The molecule has 0 fully saturated rings. The van der Waals surface area contributed by atoms with Gasteiger partial charge in [-0.1, -0.05) is 159 Å². The molecule has 0 saturated carbocycles. The van der Waals surface area contributed by atoms with Gasteiger partial charge in [-0.05, 0) is 83.5 Å². The first-order chi connectivity index (χ1) is 26.0. The highest BCUT2D eigenvalue weighted by Gasteiger charge is 2.19. The largest absolute Gasteiger partial charge is 0.462 e. The highest BCUT2D eigenvalue weighted by molar-refractivity contribution is 5.71. The molecule has 0 aromatic rings. The minimum Gasteiger partial charge on any atom is -0.462 e. The predicted molar refractivity (Wildman–Crippen MR) is 224 cm³/mol. The maximum Gasteiger partial charge on any atom is 0.306 e. The average Bonchev–Trinajstić information content (AvgIpc) is 3.15. The van der Waals surface area contributed by atoms with Crippen LogP contribution in [0.1, 0.15) is 201 Å². The van der Waals surface area contributed by atoms with Crippen molar-refractivity contribution >= 4 is 17.9 Å². The van der Waals surface area contributed by atoms with E-state index < -0.39 is 6.10 Å². The summed E-state index contributed by atoms with van der Waals surface area (Å²) < 4.78 is 16.6. The van der Waals surface area contributed by atoms with Gasteiger partial charge < -0.3 is 14.2 Å². The van der Waals surface area contributed by atoms with E-state index in [0.29, 0.717) is 19.3 Å². The summed E-state index contributed by atoms with van der Waals surface area (Å²) in [5.41, 5.74) is 0. The standard InChI is InChI=1S/C47H80O6/c1-4-7-10-13-16-18-20-22-23-25-26-28-31-34-37-40-46(49)52-43-44(42-51-45(48)39-36-33-30-15-12-9-6-3)53-47(50)41-38-35-32-29-27-24-21-19-17-14-11-8-5-2/h7,10,16,18-19,21-23,26,28,44H,4-6,8-9,11-15,17,20,24-25,27,29-43H2,1-3H3/b10-7-,18-16-,21-19-,23-22-,28-26-. The number of unbranched alkanes of at least 4 members (excludes halogenated alkanes) is 17. The second-order valence-corrected chi connectivity index (χ2v) is 14.2. The number of rotatable bonds is 38. The summed E-state index contributed by atoms with van der Waals surface area (Å²) in [4.78, 5) is 37.5. The normalized spacial score (nSPS) is 12.6. The van der Waals surface area contributed by atoms with E-state index in [-0.39, 0.29) is 31.1 Å². The molecule has 53 heavy (non-hydrogen) atoms. The van der Waals surface area contributed by atoms with E-state index in [1.165, 1.54) is 64.2 Å². The first kappa shape index (κ1) is 50.1. The van der Waals surface area contributed by atoms with E-state index in [1.54, 1.807) is 0 Å². The predicted octanol–water partition coefficient (Wildman–Crippen LogP) is 13.7. The molecule has 0 aromatic heterocycles. The fourth-order valence-electron chi connectivity index (χ4n) is 5.72. The first-order valence-corrected chi connectivity index (χ1v) is 21.8. The fourth-order valence-corrected chi connectivity index (χ4v) is 5.72. The van der Waals surface area contributed by atoms with E-state index in [0.717, 1.165) is 96.3 Å². The van der Waals surface area contributed by atoms with Crippen LogP contribution in [0.5, 0.6) is 0 Å². The zero-order valence-electron chi connectivity index (χ0n) is 34.5. The number of hydrogen-bond donors (Lipinski definition) is 0. The third kappa shape index (κ3) is 40.1. The third-order valence-electron chi connectivity index (χ3n) is 9.01. The lowest BCUT2D eigenvalue weighted by atomic mass is 10.1. The van der Waals surface area contributed by atoms with Gasteiger partial charge in [0.05, 0.1) is 0 Å². The summed E-state index contributed by atoms with van der Waals surface area (Å²) in [5.74, 6) is -0.955. The lowest BCUT2D eigenvalue weighted by molar-refractivity contribution is -0.167. The quantitative estimate of drug-likeness (QED) is 0.0271. The molecule has 0 N–H and O–H groups in total. The second-order valence-electron chi connectivity index (χ2n) is 14.2. The summed E-state index contributed by atoms with van der Waals surface area (Å²) in [5, 5.41) is 0. The number of esters is 3. The van der Waals surface area contributed by atoms with Gasteiger partial charge in [0.25, 0.3) is 0 Å². The van der Waals surface area contributed by atoms with Gasteiger partial charge in [-0.3, -0.25) is 14.4 Å². The average molecular weight is 741 g/mol. The monoisotopic (exact) mass is 741 g/mol. The van der Waals surface area contributed by atoms with Gasteiger partial charge in [0, 0.05) is 19.3 Å². The minimum atomic E-state index is -0.789. The summed E-state index contributed by atoms with van der Waals surface area (Å²) in [6.07, 6.45) is 49.3. The van der Waals surface area contributed by atoms with Crippen LogP contribution in [0.2, 0.25) is 0 Å². The van der Waals surface area contributed by atoms with Crippen molar-refractivity contribution in [1.29, 1.82) is 0 Å². The van der Waals surface area contributed by atoms with Crippen LogP contribution < -0.4 is 0 Å². The van der Waals surface area contributed by atoms with Crippen molar-refractivity contribution in [2.45, 2.75) is 207 Å². The number of allylic oxidation sites excluding steroid dienone is 10. The summed E-state index contributed by atoms with van der Waals surface area (Å²) in [6, 6.07) is 0. The van der Waals surface area contributed by atoms with E-state index >= 15 is 0 Å². The van der Waals surface area contributed by atoms with Gasteiger partial charge in [0.1, 0.15) is 13.2 Å². The van der Waals surface area contributed by atoms with Crippen molar-refractivity contribution in [3.05, 3.63) is 60.8 Å². The highest BCUT2D eigenvalue weighted by Crippen LogP contribution is 2.12. The number of hydrogen-bond acceptors (Lipinski definition) is 6. The molecule has 1 atom stereocenters. The molecular formula is C47H80O6. The number of carbonyl (C=O) groups excluding carboxylic acids is 3. The van der Waals surface area contributed by atoms with Crippen molar-refractivity contribution in [2.24, 2.45) is 0 Å². The maximum absolute atomic E-state index is 12.7. The van der Waals surface area contributed by atoms with Gasteiger partial charge in [-0.15, -0.1) is 0 Å². The fraction of sp³-hybridized carbons (Fsp3) is 0.723. The molecule has 0 aliphatic carbocycles. The van der Waals surface area contributed by atoms with Crippen LogP contribution >= 0.6 is 0 Å². The molecule has 6 heteroatoms. The molecular weight excluding hydrogens is 661 g/mol. The minimum absolute atomic E-state index is 0.0910. The van der Waals surface area contributed by atoms with Crippen LogP contribution in [0.4, 0.5) is 0 Å². The van der Waals surface area contributed by atoms with Gasteiger partial charge in [-0.25, -0.2) is 0 Å². The summed E-state index contributed by atoms with van der Waals surface area (Å²) in [7, 11) is 0. The molecule has 0 spiro atoms. The van der Waals surface area contributed by atoms with Crippen LogP contribution in [0.3, 0.4) is 0 Å². The zero-order chi connectivity index (χ0) is 38.7. The Morgan fingerprint density at radius 1 is 0.396 bits per heavy atom. The van der Waals surface area contributed by atoms with Crippen molar-refractivity contribution in [1.82, 2.24) is 0 Å². The lowest BCUT2D eigenvalue weighted by Crippen LogP contribution is -2.30. The molecule has 0 radical (unpaired) electrons. The second kappa shape index (κ2) is 41.9. The van der Waals surface area contributed by atoms with E-state index in [1.807, 2.05) is 0 Å². The molecule has 0 aromatic carbocycles. The van der Waals surface area contributed by atoms with Gasteiger partial charge in [0.15, 0.2) is 6.10 Å². The van der Waals surface area contributed by atoms with E-state index in [4.69, 9.17) is 14.2 Å². The molecule has 0 bridgehead atoms. The Morgan fingerprint density at radius 2 is 0.736 bits per heavy atom. The molecule has 0 amide bonds. The smallest absolute Gasteiger partial charge is 0.306 e. The van der Waals surface area contributed by atoms with Crippen LogP contribution in [0.15, 0.2) is 60.8 Å². The molecule has 1 unspecified atom stereocenters. The highest BCUT2D eigenvalue weighted by atomic mass is 16.6. The number of ether oxygens (including phenoxy) is 3. The van der Waals surface area contributed by atoms with Crippen LogP contribution in [-0.2, 0) is 28.6 Å². The molecule has 0 saturated heterocycles. The Balaban J connectivity index is 4.41. The molecule has 0 rings (SSSR count). The zero-order valence-corrected chi connectivity index (χ0v) is 34.5. The lowest BCUT2D eigenvalue weighted by Gasteiger charge is -2.18. The Bertz CT molecular complexity index is 991. The summed E-state index contributed by atoms with van der Waals surface area (Å²) >= 11 is 0. The molecule has 0 aliphatic rings. The molecule has 0 heterocycles. The van der Waals surface area contributed by atoms with Gasteiger partial charge >= 0.3 is 17.9 Å². The van der Waals surface area contributed by atoms with Gasteiger partial charge in [-0.2, -0.15) is 0 Å². The Morgan fingerprint density at radius 3 is 1.23 bits per heavy atom. The van der Waals surface area contributed by atoms with Crippen LogP contribution in [0, 0.1) is 0 Å².